The highest BCUT2D eigenvalue weighted by Crippen LogP contribution is 2.25. The van der Waals surface area contributed by atoms with E-state index in [4.69, 9.17) is 5.11 Å². The molecule has 154 valence electrons. The summed E-state index contributed by atoms with van der Waals surface area (Å²) in [6.45, 7) is 7.96. The number of amides is 1. The van der Waals surface area contributed by atoms with Gasteiger partial charge in [-0.05, 0) is 58.5 Å². The molecule has 0 saturated heterocycles. The Hall–Kier alpha value is -2.94. The third kappa shape index (κ3) is 5.15. The lowest BCUT2D eigenvalue weighted by atomic mass is 10.1. The Morgan fingerprint density at radius 2 is 1.77 bits per heavy atom. The molecule has 2 aromatic carbocycles. The van der Waals surface area contributed by atoms with E-state index in [0.29, 0.717) is 34.3 Å². The Labute approximate surface area is 187 Å². The highest BCUT2D eigenvalue weighted by Gasteiger charge is 2.17. The zero-order valence-electron chi connectivity index (χ0n) is 16.1. The van der Waals surface area contributed by atoms with Gasteiger partial charge in [0.15, 0.2) is 0 Å². The minimum atomic E-state index is -0.993. The number of carbonyl (C=O) groups is 2. The Kier molecular flexibility index (Phi) is 6.71. The van der Waals surface area contributed by atoms with Gasteiger partial charge in [0.25, 0.3) is 5.91 Å². The van der Waals surface area contributed by atoms with Gasteiger partial charge in [-0.2, -0.15) is 0 Å². The smallest absolute Gasteiger partial charge is 0.307 e. The van der Waals surface area contributed by atoms with Crippen molar-refractivity contribution in [3.05, 3.63) is 93.6 Å². The largest absolute Gasteiger partial charge is 0.481 e. The van der Waals surface area contributed by atoms with Gasteiger partial charge in [0.2, 0.25) is 0 Å². The molecule has 3 aromatic rings. The van der Waals surface area contributed by atoms with E-state index >= 15 is 0 Å². The van der Waals surface area contributed by atoms with Crippen LogP contribution in [0.1, 0.15) is 28.8 Å². The number of halogens is 2. The third-order valence-electron chi connectivity index (χ3n) is 4.54. The second-order valence-corrected chi connectivity index (χ2v) is 8.23. The van der Waals surface area contributed by atoms with E-state index in [2.05, 4.69) is 41.1 Å². The highest BCUT2D eigenvalue weighted by atomic mass is 127. The van der Waals surface area contributed by atoms with Gasteiger partial charge in [-0.1, -0.05) is 30.9 Å². The lowest BCUT2D eigenvalue weighted by Gasteiger charge is -2.13. The van der Waals surface area contributed by atoms with Crippen molar-refractivity contribution in [1.82, 2.24) is 9.88 Å². The van der Waals surface area contributed by atoms with Gasteiger partial charge in [0.1, 0.15) is 5.82 Å². The van der Waals surface area contributed by atoms with E-state index in [-0.39, 0.29) is 12.8 Å². The molecule has 0 fully saturated rings. The predicted molar refractivity (Wildman–Crippen MR) is 123 cm³/mol. The SMILES string of the molecule is C=C(CC(=C)NC(=O)c1ccc(F)c2ccn(Cc3ccc(I)cc3)c12)CC(=O)O. The quantitative estimate of drug-likeness (QED) is 0.322. The van der Waals surface area contributed by atoms with E-state index in [1.807, 2.05) is 28.8 Å². The highest BCUT2D eigenvalue weighted by molar-refractivity contribution is 14.1. The lowest BCUT2D eigenvalue weighted by Crippen LogP contribution is -2.23. The Morgan fingerprint density at radius 1 is 1.07 bits per heavy atom. The molecule has 1 aromatic heterocycles. The van der Waals surface area contributed by atoms with Crippen LogP contribution < -0.4 is 5.32 Å². The fourth-order valence-electron chi connectivity index (χ4n) is 3.24. The third-order valence-corrected chi connectivity index (χ3v) is 5.26. The minimum absolute atomic E-state index is 0.159. The van der Waals surface area contributed by atoms with Crippen molar-refractivity contribution < 1.29 is 19.1 Å². The molecule has 0 atom stereocenters. The Balaban J connectivity index is 1.87. The number of carboxylic acid groups (broad SMARTS) is 1. The molecule has 0 bridgehead atoms. The van der Waals surface area contributed by atoms with Gasteiger partial charge in [-0.25, -0.2) is 4.39 Å². The summed E-state index contributed by atoms with van der Waals surface area (Å²) in [4.78, 5) is 23.6. The predicted octanol–water partition coefficient (Wildman–Crippen LogP) is 5.10. The van der Waals surface area contributed by atoms with Gasteiger partial charge in [-0.3, -0.25) is 9.59 Å². The molecule has 0 aliphatic carbocycles. The summed E-state index contributed by atoms with van der Waals surface area (Å²) >= 11 is 2.23. The average Bonchev–Trinajstić information content (AvgIpc) is 3.07. The molecule has 0 aliphatic heterocycles. The van der Waals surface area contributed by atoms with Crippen LogP contribution in [-0.4, -0.2) is 21.6 Å². The molecule has 30 heavy (non-hydrogen) atoms. The van der Waals surface area contributed by atoms with Gasteiger partial charge in [0, 0.05) is 33.8 Å². The molecule has 5 nitrogen and oxygen atoms in total. The molecule has 3 rings (SSSR count). The van der Waals surface area contributed by atoms with E-state index in [1.54, 1.807) is 12.3 Å². The van der Waals surface area contributed by atoms with Crippen LogP contribution in [0, 0.1) is 9.39 Å². The summed E-state index contributed by atoms with van der Waals surface area (Å²) in [5, 5.41) is 11.9. The first-order chi connectivity index (χ1) is 14.2. The number of aliphatic carboxylic acids is 1. The van der Waals surface area contributed by atoms with Crippen molar-refractivity contribution in [2.24, 2.45) is 0 Å². The number of benzene rings is 2. The maximum absolute atomic E-state index is 14.4. The van der Waals surface area contributed by atoms with Crippen LogP contribution >= 0.6 is 22.6 Å². The zero-order chi connectivity index (χ0) is 21.8. The number of carboxylic acids is 1. The number of allylic oxidation sites excluding steroid dienone is 1. The maximum atomic E-state index is 14.4. The number of nitrogens with zero attached hydrogens (tertiary/aromatic N) is 1. The van der Waals surface area contributed by atoms with E-state index < -0.39 is 17.7 Å². The van der Waals surface area contributed by atoms with E-state index in [0.717, 1.165) is 9.13 Å². The molecular weight excluding hydrogens is 498 g/mol. The van der Waals surface area contributed by atoms with Crippen LogP contribution in [0.25, 0.3) is 10.9 Å². The summed E-state index contributed by atoms with van der Waals surface area (Å²) in [6, 6.07) is 12.3. The zero-order valence-corrected chi connectivity index (χ0v) is 18.3. The first kappa shape index (κ1) is 21.8. The van der Waals surface area contributed by atoms with Crippen molar-refractivity contribution in [2.45, 2.75) is 19.4 Å². The maximum Gasteiger partial charge on any atom is 0.307 e. The van der Waals surface area contributed by atoms with Gasteiger partial charge >= 0.3 is 5.97 Å². The molecule has 0 aliphatic rings. The van der Waals surface area contributed by atoms with Crippen LogP contribution in [-0.2, 0) is 11.3 Å². The Bertz CT molecular complexity index is 1150. The fraction of sp³-hybridized carbons (Fsp3) is 0.130. The topological polar surface area (TPSA) is 71.3 Å². The first-order valence-electron chi connectivity index (χ1n) is 9.14. The standard InChI is InChI=1S/C23H20FIN2O3/c1-14(12-21(28)29)11-15(2)26-23(30)19-7-8-20(24)18-9-10-27(22(18)19)13-16-3-5-17(25)6-4-16/h3-10H,1-2,11-13H2,(H,26,30)(H,28,29). The first-order valence-corrected chi connectivity index (χ1v) is 10.2. The summed E-state index contributed by atoms with van der Waals surface area (Å²) in [7, 11) is 0. The van der Waals surface area contributed by atoms with Crippen molar-refractivity contribution in [1.29, 1.82) is 0 Å². The summed E-state index contributed by atoms with van der Waals surface area (Å²) in [5.74, 6) is -1.83. The number of carbonyl (C=O) groups excluding carboxylic acids is 1. The second kappa shape index (κ2) is 9.25. The van der Waals surface area contributed by atoms with Gasteiger partial charge in [0.05, 0.1) is 17.5 Å². The fourth-order valence-corrected chi connectivity index (χ4v) is 3.60. The molecule has 0 spiro atoms. The summed E-state index contributed by atoms with van der Waals surface area (Å²) in [6.07, 6.45) is 1.71. The van der Waals surface area contributed by atoms with Crippen LogP contribution in [0.3, 0.4) is 0 Å². The monoisotopic (exact) mass is 518 g/mol. The van der Waals surface area contributed by atoms with Crippen LogP contribution in [0.5, 0.6) is 0 Å². The summed E-state index contributed by atoms with van der Waals surface area (Å²) < 4.78 is 17.3. The normalized spacial score (nSPS) is 10.7. The number of rotatable bonds is 8. The number of nitrogens with one attached hydrogen (secondary N) is 1. The summed E-state index contributed by atoms with van der Waals surface area (Å²) in [5.41, 5.74) is 2.59. The van der Waals surface area contributed by atoms with Crippen molar-refractivity contribution in [3.63, 3.8) is 0 Å². The van der Waals surface area contributed by atoms with Crippen LogP contribution in [0.2, 0.25) is 0 Å². The van der Waals surface area contributed by atoms with Gasteiger partial charge < -0.3 is 15.0 Å². The van der Waals surface area contributed by atoms with Gasteiger partial charge in [-0.15, -0.1) is 0 Å². The van der Waals surface area contributed by atoms with Crippen LogP contribution in [0.15, 0.2) is 73.1 Å². The molecule has 7 heteroatoms. The number of hydrogen-bond acceptors (Lipinski definition) is 2. The number of fused-ring (bicyclic) bond motifs is 1. The van der Waals surface area contributed by atoms with Crippen molar-refractivity contribution in [3.8, 4) is 0 Å². The van der Waals surface area contributed by atoms with Crippen LogP contribution in [0.4, 0.5) is 4.39 Å². The van der Waals surface area contributed by atoms with Crippen molar-refractivity contribution in [2.75, 3.05) is 0 Å². The van der Waals surface area contributed by atoms with Crippen molar-refractivity contribution >= 4 is 45.4 Å². The lowest BCUT2D eigenvalue weighted by molar-refractivity contribution is -0.136. The molecule has 1 amide bonds. The number of hydrogen-bond donors (Lipinski definition) is 2. The molecule has 0 saturated carbocycles. The molecular formula is C23H20FIN2O3. The molecule has 0 radical (unpaired) electrons. The minimum Gasteiger partial charge on any atom is -0.481 e. The Morgan fingerprint density at radius 3 is 2.43 bits per heavy atom. The molecule has 1 heterocycles. The number of aromatic nitrogens is 1. The van der Waals surface area contributed by atoms with E-state index in [9.17, 15) is 14.0 Å². The second-order valence-electron chi connectivity index (χ2n) is 6.98. The molecule has 0 unspecified atom stereocenters. The molecule has 2 N–H and O–H groups in total. The average molecular weight is 518 g/mol. The van der Waals surface area contributed by atoms with E-state index in [1.165, 1.54) is 12.1 Å².